The van der Waals surface area contributed by atoms with Crippen molar-refractivity contribution >= 4 is 39.9 Å². The smallest absolute Gasteiger partial charge is 0.328 e. The molecule has 1 aliphatic rings. The maximum atomic E-state index is 12.0. The lowest BCUT2D eigenvalue weighted by Crippen LogP contribution is -2.51. The minimum absolute atomic E-state index is 0.150. The average Bonchev–Trinajstić information content (AvgIpc) is 3.19. The third-order valence-corrected chi connectivity index (χ3v) is 4.91. The summed E-state index contributed by atoms with van der Waals surface area (Å²) in [5.74, 6) is -1.08. The molecule has 0 atom stereocenters. The summed E-state index contributed by atoms with van der Waals surface area (Å²) in [5.41, 5.74) is 2.04. The molecular formula is C21H16BrN5O4. The molecule has 0 saturated carbocycles. The SMILES string of the molecule is O=C1NC(=O)C(=Cc2ccccc2OCc2cn(Cc3ccc(Br)cc3)nn2)C(=O)N1. The molecular weight excluding hydrogens is 466 g/mol. The van der Waals surface area contributed by atoms with Gasteiger partial charge >= 0.3 is 6.03 Å². The van der Waals surface area contributed by atoms with E-state index in [1.54, 1.807) is 35.1 Å². The lowest BCUT2D eigenvalue weighted by atomic mass is 10.1. The number of amides is 4. The van der Waals surface area contributed by atoms with Crippen molar-refractivity contribution < 1.29 is 19.1 Å². The van der Waals surface area contributed by atoms with E-state index in [9.17, 15) is 14.4 Å². The van der Waals surface area contributed by atoms with Crippen LogP contribution in [0.4, 0.5) is 4.79 Å². The maximum absolute atomic E-state index is 12.0. The number of hydrogen-bond acceptors (Lipinski definition) is 6. The third-order valence-electron chi connectivity index (χ3n) is 4.38. The molecule has 1 aliphatic heterocycles. The molecule has 1 fully saturated rings. The van der Waals surface area contributed by atoms with Crippen LogP contribution >= 0.6 is 15.9 Å². The number of benzene rings is 2. The molecule has 0 aliphatic carbocycles. The van der Waals surface area contributed by atoms with Crippen LogP contribution < -0.4 is 15.4 Å². The molecule has 31 heavy (non-hydrogen) atoms. The summed E-state index contributed by atoms with van der Waals surface area (Å²) < 4.78 is 8.56. The Bertz CT molecular complexity index is 1160. The van der Waals surface area contributed by atoms with E-state index in [-0.39, 0.29) is 12.2 Å². The molecule has 4 rings (SSSR count). The largest absolute Gasteiger partial charge is 0.487 e. The Morgan fingerprint density at radius 3 is 2.45 bits per heavy atom. The van der Waals surface area contributed by atoms with Crippen LogP contribution in [0.15, 0.2) is 64.8 Å². The number of urea groups is 1. The zero-order chi connectivity index (χ0) is 21.8. The number of hydrogen-bond donors (Lipinski definition) is 2. The van der Waals surface area contributed by atoms with E-state index in [2.05, 4.69) is 26.2 Å². The lowest BCUT2D eigenvalue weighted by Gasteiger charge is -2.14. The van der Waals surface area contributed by atoms with Gasteiger partial charge in [-0.05, 0) is 29.8 Å². The molecule has 0 spiro atoms. The van der Waals surface area contributed by atoms with Gasteiger partial charge in [-0.25, -0.2) is 9.48 Å². The van der Waals surface area contributed by atoms with Gasteiger partial charge in [0.2, 0.25) is 0 Å². The van der Waals surface area contributed by atoms with Crippen molar-refractivity contribution in [1.29, 1.82) is 0 Å². The maximum Gasteiger partial charge on any atom is 0.328 e. The minimum atomic E-state index is -0.845. The Morgan fingerprint density at radius 2 is 1.71 bits per heavy atom. The predicted octanol–water partition coefficient (Wildman–Crippen LogP) is 2.42. The number of carbonyl (C=O) groups is 3. The number of barbiturate groups is 1. The van der Waals surface area contributed by atoms with Gasteiger partial charge in [0, 0.05) is 10.0 Å². The van der Waals surface area contributed by atoms with E-state index in [1.165, 1.54) is 6.08 Å². The van der Waals surface area contributed by atoms with Gasteiger partial charge < -0.3 is 4.74 Å². The molecule has 9 nitrogen and oxygen atoms in total. The second kappa shape index (κ2) is 8.92. The molecule has 10 heteroatoms. The topological polar surface area (TPSA) is 115 Å². The first-order chi connectivity index (χ1) is 15.0. The molecule has 1 aromatic heterocycles. The Labute approximate surface area is 185 Å². The standard InChI is InChI=1S/C21H16BrN5O4/c22-15-7-5-13(6-8-15)10-27-11-16(25-26-27)12-31-18-4-2-1-3-14(18)9-17-19(28)23-21(30)24-20(17)29/h1-9,11H,10,12H2,(H2,23,24,28,29,30). The molecule has 1 saturated heterocycles. The van der Waals surface area contributed by atoms with Crippen molar-refractivity contribution in [3.63, 3.8) is 0 Å². The number of carbonyl (C=O) groups excluding carboxylic acids is 3. The van der Waals surface area contributed by atoms with E-state index >= 15 is 0 Å². The second-order valence-corrected chi connectivity index (χ2v) is 7.57. The van der Waals surface area contributed by atoms with Crippen LogP contribution in [0.3, 0.4) is 0 Å². The molecule has 0 bridgehead atoms. The number of rotatable bonds is 6. The Hall–Kier alpha value is -3.79. The van der Waals surface area contributed by atoms with Crippen molar-refractivity contribution in [2.75, 3.05) is 0 Å². The normalized spacial score (nSPS) is 13.6. The van der Waals surface area contributed by atoms with Gasteiger partial charge in [-0.3, -0.25) is 20.2 Å². The zero-order valence-electron chi connectivity index (χ0n) is 16.0. The van der Waals surface area contributed by atoms with Crippen LogP contribution in [-0.2, 0) is 22.7 Å². The molecule has 2 N–H and O–H groups in total. The third kappa shape index (κ3) is 5.04. The highest BCUT2D eigenvalue weighted by molar-refractivity contribution is 9.10. The predicted molar refractivity (Wildman–Crippen MR) is 114 cm³/mol. The number of para-hydroxylation sites is 1. The summed E-state index contributed by atoms with van der Waals surface area (Å²) in [4.78, 5) is 35.1. The number of imide groups is 2. The van der Waals surface area contributed by atoms with Crippen molar-refractivity contribution in [3.8, 4) is 5.75 Å². The molecule has 156 valence electrons. The van der Waals surface area contributed by atoms with Crippen LogP contribution in [-0.4, -0.2) is 32.8 Å². The number of ether oxygens (including phenoxy) is 1. The van der Waals surface area contributed by atoms with E-state index in [0.29, 0.717) is 23.6 Å². The van der Waals surface area contributed by atoms with Crippen molar-refractivity contribution in [2.24, 2.45) is 0 Å². The Balaban J connectivity index is 1.45. The first-order valence-electron chi connectivity index (χ1n) is 9.21. The summed E-state index contributed by atoms with van der Waals surface area (Å²) in [5, 5.41) is 12.3. The van der Waals surface area contributed by atoms with Gasteiger partial charge in [0.1, 0.15) is 23.6 Å². The summed E-state index contributed by atoms with van der Waals surface area (Å²) in [6.45, 7) is 0.726. The Kier molecular flexibility index (Phi) is 5.89. The number of halogens is 1. The van der Waals surface area contributed by atoms with E-state index in [0.717, 1.165) is 10.0 Å². The van der Waals surface area contributed by atoms with Crippen LogP contribution in [0.1, 0.15) is 16.8 Å². The van der Waals surface area contributed by atoms with Gasteiger partial charge in [0.25, 0.3) is 11.8 Å². The van der Waals surface area contributed by atoms with Gasteiger partial charge in [-0.15, -0.1) is 5.10 Å². The quantitative estimate of drug-likeness (QED) is 0.412. The fourth-order valence-corrected chi connectivity index (χ4v) is 3.17. The lowest BCUT2D eigenvalue weighted by molar-refractivity contribution is -0.123. The van der Waals surface area contributed by atoms with Gasteiger partial charge in [-0.2, -0.15) is 0 Å². The average molecular weight is 482 g/mol. The highest BCUT2D eigenvalue weighted by Crippen LogP contribution is 2.22. The minimum Gasteiger partial charge on any atom is -0.487 e. The highest BCUT2D eigenvalue weighted by atomic mass is 79.9. The summed E-state index contributed by atoms with van der Waals surface area (Å²) in [6, 6.07) is 14.0. The highest BCUT2D eigenvalue weighted by Gasteiger charge is 2.28. The van der Waals surface area contributed by atoms with Gasteiger partial charge in [0.15, 0.2) is 0 Å². The zero-order valence-corrected chi connectivity index (χ0v) is 17.6. The number of nitrogens with one attached hydrogen (secondary N) is 2. The first-order valence-corrected chi connectivity index (χ1v) is 10.0. The van der Waals surface area contributed by atoms with Gasteiger partial charge in [0.05, 0.1) is 12.7 Å². The first kappa shape index (κ1) is 20.5. The van der Waals surface area contributed by atoms with E-state index < -0.39 is 17.8 Å². The van der Waals surface area contributed by atoms with E-state index in [1.807, 2.05) is 34.9 Å². The number of aromatic nitrogens is 3. The number of nitrogens with zero attached hydrogens (tertiary/aromatic N) is 3. The van der Waals surface area contributed by atoms with Crippen LogP contribution in [0.25, 0.3) is 6.08 Å². The summed E-state index contributed by atoms with van der Waals surface area (Å²) in [7, 11) is 0. The second-order valence-electron chi connectivity index (χ2n) is 6.66. The molecule has 4 amide bonds. The van der Waals surface area contributed by atoms with Crippen LogP contribution in [0.5, 0.6) is 5.75 Å². The summed E-state index contributed by atoms with van der Waals surface area (Å²) >= 11 is 3.41. The molecule has 2 aromatic carbocycles. The molecule has 0 unspecified atom stereocenters. The van der Waals surface area contributed by atoms with Crippen molar-refractivity contribution in [2.45, 2.75) is 13.2 Å². The van der Waals surface area contributed by atoms with Gasteiger partial charge in [-0.1, -0.05) is 51.5 Å². The molecule has 0 radical (unpaired) electrons. The van der Waals surface area contributed by atoms with E-state index in [4.69, 9.17) is 4.74 Å². The van der Waals surface area contributed by atoms with Crippen LogP contribution in [0, 0.1) is 0 Å². The summed E-state index contributed by atoms with van der Waals surface area (Å²) in [6.07, 6.45) is 3.16. The monoisotopic (exact) mass is 481 g/mol. The fourth-order valence-electron chi connectivity index (χ4n) is 2.90. The fraction of sp³-hybridized carbons (Fsp3) is 0.0952. The Morgan fingerprint density at radius 1 is 1.00 bits per heavy atom. The van der Waals surface area contributed by atoms with Crippen molar-refractivity contribution in [1.82, 2.24) is 25.6 Å². The van der Waals surface area contributed by atoms with Crippen molar-refractivity contribution in [3.05, 3.63) is 81.6 Å². The van der Waals surface area contributed by atoms with Crippen LogP contribution in [0.2, 0.25) is 0 Å². The molecule has 2 heterocycles. The molecule has 3 aromatic rings.